The number of aliphatic hydroxyl groups excluding tert-OH is 1. The number of ketones is 1. The molecule has 6 nitrogen and oxygen atoms in total. The second kappa shape index (κ2) is 6.22. The molecule has 0 bridgehead atoms. The van der Waals surface area contributed by atoms with Crippen molar-refractivity contribution in [3.8, 4) is 0 Å². The molecule has 0 saturated heterocycles. The van der Waals surface area contributed by atoms with Crippen molar-refractivity contribution in [3.63, 3.8) is 0 Å². The third-order valence-corrected chi connectivity index (χ3v) is 6.17. The van der Waals surface area contributed by atoms with Crippen molar-refractivity contribution < 1.29 is 19.1 Å². The van der Waals surface area contributed by atoms with Crippen LogP contribution in [0.4, 0.5) is 5.13 Å². The summed E-state index contributed by atoms with van der Waals surface area (Å²) < 4.78 is 5.49. The molecule has 1 amide bonds. The first-order valence-electron chi connectivity index (χ1n) is 7.81. The van der Waals surface area contributed by atoms with Gasteiger partial charge in [0, 0.05) is 4.88 Å². The lowest BCUT2D eigenvalue weighted by Gasteiger charge is -2.22. The van der Waals surface area contributed by atoms with E-state index >= 15 is 0 Å². The van der Waals surface area contributed by atoms with Crippen molar-refractivity contribution in [3.05, 3.63) is 68.4 Å². The van der Waals surface area contributed by atoms with Crippen LogP contribution in [0.5, 0.6) is 0 Å². The highest BCUT2D eigenvalue weighted by molar-refractivity contribution is 7.16. The summed E-state index contributed by atoms with van der Waals surface area (Å²) in [6.07, 6.45) is 1.47. The molecule has 3 aromatic rings. The maximum absolute atomic E-state index is 13.0. The number of thiazole rings is 1. The minimum atomic E-state index is -0.850. The molecule has 0 radical (unpaired) electrons. The Bertz CT molecular complexity index is 996. The van der Waals surface area contributed by atoms with Crippen LogP contribution in [0.25, 0.3) is 0 Å². The molecular formula is C18H14N2O4S2. The van der Waals surface area contributed by atoms with Gasteiger partial charge in [0.15, 0.2) is 10.9 Å². The molecular weight excluding hydrogens is 372 g/mol. The Morgan fingerprint density at radius 3 is 2.69 bits per heavy atom. The van der Waals surface area contributed by atoms with Crippen LogP contribution in [0.1, 0.15) is 32.0 Å². The second-order valence-electron chi connectivity index (χ2n) is 5.80. The van der Waals surface area contributed by atoms with E-state index in [0.717, 1.165) is 10.6 Å². The molecule has 1 aliphatic heterocycles. The lowest BCUT2D eigenvalue weighted by molar-refractivity contribution is -0.117. The van der Waals surface area contributed by atoms with Gasteiger partial charge >= 0.3 is 0 Å². The van der Waals surface area contributed by atoms with Crippen LogP contribution in [0, 0.1) is 13.8 Å². The minimum absolute atomic E-state index is 0.0120. The molecule has 8 heteroatoms. The van der Waals surface area contributed by atoms with Gasteiger partial charge < -0.3 is 9.52 Å². The molecule has 4 heterocycles. The van der Waals surface area contributed by atoms with Gasteiger partial charge in [0.05, 0.1) is 22.4 Å². The van der Waals surface area contributed by atoms with Gasteiger partial charge in [0.2, 0.25) is 5.78 Å². The van der Waals surface area contributed by atoms with Crippen molar-refractivity contribution >= 4 is 39.5 Å². The fraction of sp³-hybridized carbons (Fsp3) is 0.167. The number of carbonyl (C=O) groups is 2. The standard InChI is InChI=1S/C18H14N2O4S2/c1-9-10(2)26-18(19-9)20-14(11-5-3-7-24-11)13(16(22)17(20)23)15(21)12-6-4-8-25-12/h3-8,14,22H,1-2H3/t14-/m0/s1. The Kier molecular flexibility index (Phi) is 4.01. The summed E-state index contributed by atoms with van der Waals surface area (Å²) >= 11 is 2.59. The van der Waals surface area contributed by atoms with Crippen molar-refractivity contribution in [1.82, 2.24) is 4.98 Å². The van der Waals surface area contributed by atoms with Crippen molar-refractivity contribution in [2.45, 2.75) is 19.9 Å². The normalized spacial score (nSPS) is 17.4. The van der Waals surface area contributed by atoms with Gasteiger partial charge in [-0.25, -0.2) is 4.98 Å². The van der Waals surface area contributed by atoms with Gasteiger partial charge in [-0.05, 0) is 37.4 Å². The average Bonchev–Trinajstić information content (AvgIpc) is 3.38. The van der Waals surface area contributed by atoms with E-state index in [1.165, 1.54) is 33.8 Å². The van der Waals surface area contributed by atoms with E-state index in [1.807, 2.05) is 13.8 Å². The van der Waals surface area contributed by atoms with E-state index in [4.69, 9.17) is 4.42 Å². The predicted octanol–water partition coefficient (Wildman–Crippen LogP) is 4.20. The molecule has 1 N–H and O–H groups in total. The Morgan fingerprint density at radius 2 is 2.12 bits per heavy atom. The maximum atomic E-state index is 13.0. The number of hydrogen-bond acceptors (Lipinski definition) is 7. The number of aryl methyl sites for hydroxylation is 2. The van der Waals surface area contributed by atoms with Crippen LogP contribution in [-0.2, 0) is 4.79 Å². The fourth-order valence-electron chi connectivity index (χ4n) is 2.85. The number of thiophene rings is 1. The summed E-state index contributed by atoms with van der Waals surface area (Å²) in [6, 6.07) is 5.92. The third kappa shape index (κ3) is 2.49. The molecule has 3 aromatic heterocycles. The van der Waals surface area contributed by atoms with Crippen LogP contribution in [-0.4, -0.2) is 21.8 Å². The summed E-state index contributed by atoms with van der Waals surface area (Å²) in [4.78, 5) is 33.0. The molecule has 0 unspecified atom stereocenters. The SMILES string of the molecule is Cc1nc(N2C(=O)C(O)=C(C(=O)c3cccs3)[C@@H]2c2ccco2)sc1C. The number of rotatable bonds is 4. The zero-order valence-electron chi connectivity index (χ0n) is 13.9. The molecule has 0 saturated carbocycles. The van der Waals surface area contributed by atoms with Gasteiger partial charge in [-0.15, -0.1) is 22.7 Å². The summed E-state index contributed by atoms with van der Waals surface area (Å²) in [6.45, 7) is 3.76. The van der Waals surface area contributed by atoms with Crippen LogP contribution >= 0.6 is 22.7 Å². The van der Waals surface area contributed by atoms with Crippen molar-refractivity contribution in [2.75, 3.05) is 4.90 Å². The summed E-state index contributed by atoms with van der Waals surface area (Å²) in [5.74, 6) is -1.21. The van der Waals surface area contributed by atoms with Gasteiger partial charge in [0.25, 0.3) is 5.91 Å². The Morgan fingerprint density at radius 1 is 1.31 bits per heavy atom. The highest BCUT2D eigenvalue weighted by Crippen LogP contribution is 2.43. The fourth-order valence-corrected chi connectivity index (χ4v) is 4.46. The highest BCUT2D eigenvalue weighted by atomic mass is 32.1. The number of aromatic nitrogens is 1. The highest BCUT2D eigenvalue weighted by Gasteiger charge is 2.47. The maximum Gasteiger partial charge on any atom is 0.296 e. The monoisotopic (exact) mass is 386 g/mol. The molecule has 132 valence electrons. The van der Waals surface area contributed by atoms with E-state index in [9.17, 15) is 14.7 Å². The van der Waals surface area contributed by atoms with Crippen LogP contribution in [0.3, 0.4) is 0 Å². The number of hydrogen-bond donors (Lipinski definition) is 1. The first-order chi connectivity index (χ1) is 12.5. The van der Waals surface area contributed by atoms with Gasteiger partial charge in [-0.3, -0.25) is 14.5 Å². The van der Waals surface area contributed by atoms with Crippen LogP contribution in [0.2, 0.25) is 0 Å². The van der Waals surface area contributed by atoms with E-state index in [2.05, 4.69) is 4.98 Å². The van der Waals surface area contributed by atoms with E-state index < -0.39 is 17.7 Å². The number of amides is 1. The average molecular weight is 386 g/mol. The number of aliphatic hydroxyl groups is 1. The Balaban J connectivity index is 1.87. The smallest absolute Gasteiger partial charge is 0.296 e. The van der Waals surface area contributed by atoms with Crippen molar-refractivity contribution in [2.24, 2.45) is 0 Å². The second-order valence-corrected chi connectivity index (χ2v) is 7.93. The zero-order chi connectivity index (χ0) is 18.4. The topological polar surface area (TPSA) is 83.6 Å². The molecule has 0 aliphatic carbocycles. The Hall–Kier alpha value is -2.71. The molecule has 0 spiro atoms. The number of Topliss-reactive ketones (excluding diaryl/α,β-unsaturated/α-hetero) is 1. The van der Waals surface area contributed by atoms with Gasteiger partial charge in [0.1, 0.15) is 11.8 Å². The first kappa shape index (κ1) is 16.7. The van der Waals surface area contributed by atoms with Gasteiger partial charge in [-0.2, -0.15) is 0 Å². The van der Waals surface area contributed by atoms with E-state index in [-0.39, 0.29) is 11.4 Å². The van der Waals surface area contributed by atoms with Crippen molar-refractivity contribution in [1.29, 1.82) is 0 Å². The number of anilines is 1. The minimum Gasteiger partial charge on any atom is -0.503 e. The zero-order valence-corrected chi connectivity index (χ0v) is 15.6. The summed E-state index contributed by atoms with van der Waals surface area (Å²) in [5, 5.41) is 12.7. The molecule has 26 heavy (non-hydrogen) atoms. The summed E-state index contributed by atoms with van der Waals surface area (Å²) in [5.41, 5.74) is 0.812. The van der Waals surface area contributed by atoms with E-state index in [1.54, 1.807) is 29.6 Å². The first-order valence-corrected chi connectivity index (χ1v) is 9.51. The molecule has 1 aliphatic rings. The third-order valence-electron chi connectivity index (χ3n) is 4.23. The summed E-state index contributed by atoms with van der Waals surface area (Å²) in [7, 11) is 0. The lowest BCUT2D eigenvalue weighted by atomic mass is 10.0. The molecule has 0 aromatic carbocycles. The predicted molar refractivity (Wildman–Crippen MR) is 98.8 cm³/mol. The van der Waals surface area contributed by atoms with Crippen LogP contribution < -0.4 is 4.90 Å². The molecule has 4 rings (SSSR count). The largest absolute Gasteiger partial charge is 0.503 e. The Labute approximate surface area is 157 Å². The quantitative estimate of drug-likeness (QED) is 0.680. The molecule has 0 fully saturated rings. The molecule has 1 atom stereocenters. The number of nitrogens with zero attached hydrogens (tertiary/aromatic N) is 2. The van der Waals surface area contributed by atoms with Crippen LogP contribution in [0.15, 0.2) is 51.7 Å². The number of furan rings is 1. The number of carbonyl (C=O) groups excluding carboxylic acids is 2. The van der Waals surface area contributed by atoms with Gasteiger partial charge in [-0.1, -0.05) is 6.07 Å². The van der Waals surface area contributed by atoms with E-state index in [0.29, 0.717) is 15.8 Å². The lowest BCUT2D eigenvalue weighted by Crippen LogP contribution is -2.30.